The predicted molar refractivity (Wildman–Crippen MR) is 65.9 cm³/mol. The highest BCUT2D eigenvalue weighted by atomic mass is 79.9. The van der Waals surface area contributed by atoms with Crippen molar-refractivity contribution in [3.63, 3.8) is 0 Å². The first-order valence-electron chi connectivity index (χ1n) is 5.25. The lowest BCUT2D eigenvalue weighted by Gasteiger charge is -2.04. The molecule has 2 aromatic rings. The molecule has 0 saturated heterocycles. The summed E-state index contributed by atoms with van der Waals surface area (Å²) < 4.78 is 38.8. The summed E-state index contributed by atoms with van der Waals surface area (Å²) in [6.45, 7) is 0.284. The van der Waals surface area contributed by atoms with Crippen LogP contribution in [-0.2, 0) is 6.54 Å². The first-order chi connectivity index (χ1) is 8.88. The number of hydrogen-bond donors (Lipinski definition) is 0. The molecule has 2 rings (SSSR count). The number of hydrogen-bond acceptors (Lipinski definition) is 2. The first-order valence-corrected chi connectivity index (χ1v) is 6.04. The Morgan fingerprint density at radius 1 is 1.32 bits per heavy atom. The first kappa shape index (κ1) is 13.8. The fourth-order valence-electron chi connectivity index (χ4n) is 1.53. The number of Topliss-reactive ketones (excluding diaryl/α,β-unsaturated/α-hetero) is 1. The number of ketones is 1. The van der Waals surface area contributed by atoms with Crippen LogP contribution >= 0.6 is 15.9 Å². The molecule has 3 nitrogen and oxygen atoms in total. The van der Waals surface area contributed by atoms with Crippen molar-refractivity contribution >= 4 is 21.7 Å². The van der Waals surface area contributed by atoms with Gasteiger partial charge in [0.15, 0.2) is 0 Å². The third-order valence-electron chi connectivity index (χ3n) is 2.44. The van der Waals surface area contributed by atoms with E-state index in [-0.39, 0.29) is 6.54 Å². The molecule has 7 heteroatoms. The van der Waals surface area contributed by atoms with E-state index in [1.165, 1.54) is 4.68 Å². The fourth-order valence-corrected chi connectivity index (χ4v) is 1.94. The van der Waals surface area contributed by atoms with Crippen LogP contribution in [0.2, 0.25) is 0 Å². The molecule has 0 fully saturated rings. The molecule has 0 amide bonds. The number of carbonyl (C=O) groups is 1. The quantitative estimate of drug-likeness (QED) is 0.807. The van der Waals surface area contributed by atoms with E-state index < -0.39 is 17.5 Å². The molecule has 0 spiro atoms. The van der Waals surface area contributed by atoms with Crippen LogP contribution in [0, 0.1) is 0 Å². The van der Waals surface area contributed by atoms with Gasteiger partial charge in [-0.2, -0.15) is 18.3 Å². The number of rotatable bonds is 3. The van der Waals surface area contributed by atoms with Crippen molar-refractivity contribution in [2.75, 3.05) is 0 Å². The van der Waals surface area contributed by atoms with Crippen LogP contribution in [0.3, 0.4) is 0 Å². The molecule has 0 aliphatic rings. The second-order valence-corrected chi connectivity index (χ2v) is 4.70. The fraction of sp³-hybridized carbons (Fsp3) is 0.167. The highest BCUT2D eigenvalue weighted by Gasteiger charge is 2.39. The minimum absolute atomic E-state index is 0.284. The van der Waals surface area contributed by atoms with Gasteiger partial charge in [-0.15, -0.1) is 0 Å². The van der Waals surface area contributed by atoms with E-state index in [4.69, 9.17) is 0 Å². The van der Waals surface area contributed by atoms with Crippen LogP contribution in [0.4, 0.5) is 13.2 Å². The minimum Gasteiger partial charge on any atom is -0.284 e. The van der Waals surface area contributed by atoms with Crippen molar-refractivity contribution in [2.45, 2.75) is 12.7 Å². The molecule has 0 saturated carbocycles. The van der Waals surface area contributed by atoms with Crippen molar-refractivity contribution in [1.29, 1.82) is 0 Å². The third kappa shape index (κ3) is 3.23. The van der Waals surface area contributed by atoms with Gasteiger partial charge in [0.1, 0.15) is 0 Å². The van der Waals surface area contributed by atoms with E-state index in [1.807, 2.05) is 24.3 Å². The molecule has 0 aliphatic heterocycles. The SMILES string of the molecule is O=C(c1cnn(Cc2ccccc2Br)c1)C(F)(F)F. The van der Waals surface area contributed by atoms with E-state index in [0.717, 1.165) is 22.4 Å². The summed E-state index contributed by atoms with van der Waals surface area (Å²) in [5.74, 6) is -1.88. The largest absolute Gasteiger partial charge is 0.454 e. The van der Waals surface area contributed by atoms with Crippen molar-refractivity contribution in [2.24, 2.45) is 0 Å². The highest BCUT2D eigenvalue weighted by molar-refractivity contribution is 9.10. The number of alkyl halides is 3. The number of halogens is 4. The zero-order valence-electron chi connectivity index (χ0n) is 9.49. The van der Waals surface area contributed by atoms with Gasteiger partial charge in [-0.05, 0) is 11.6 Å². The Morgan fingerprint density at radius 2 is 2.00 bits per heavy atom. The third-order valence-corrected chi connectivity index (χ3v) is 3.22. The zero-order chi connectivity index (χ0) is 14.0. The second-order valence-electron chi connectivity index (χ2n) is 3.84. The van der Waals surface area contributed by atoms with Crippen LogP contribution in [0.5, 0.6) is 0 Å². The van der Waals surface area contributed by atoms with Gasteiger partial charge < -0.3 is 0 Å². The monoisotopic (exact) mass is 332 g/mol. The average Bonchev–Trinajstić information content (AvgIpc) is 2.78. The summed E-state index contributed by atoms with van der Waals surface area (Å²) in [7, 11) is 0. The summed E-state index contributed by atoms with van der Waals surface area (Å²) in [5, 5.41) is 3.76. The molecule has 1 heterocycles. The van der Waals surface area contributed by atoms with E-state index >= 15 is 0 Å². The van der Waals surface area contributed by atoms with E-state index in [9.17, 15) is 18.0 Å². The molecular weight excluding hydrogens is 325 g/mol. The van der Waals surface area contributed by atoms with Gasteiger partial charge in [0, 0.05) is 10.7 Å². The summed E-state index contributed by atoms with van der Waals surface area (Å²) in [6, 6.07) is 7.28. The Morgan fingerprint density at radius 3 is 2.63 bits per heavy atom. The Bertz CT molecular complexity index is 607. The minimum atomic E-state index is -4.87. The van der Waals surface area contributed by atoms with Crippen LogP contribution in [-0.4, -0.2) is 21.7 Å². The summed E-state index contributed by atoms with van der Waals surface area (Å²) in [5.41, 5.74) is 0.399. The maximum absolute atomic E-state index is 12.2. The lowest BCUT2D eigenvalue weighted by molar-refractivity contribution is -0.0885. The molecule has 0 bridgehead atoms. The topological polar surface area (TPSA) is 34.9 Å². The predicted octanol–water partition coefficient (Wildman–Crippen LogP) is 3.44. The Labute approximate surface area is 115 Å². The van der Waals surface area contributed by atoms with E-state index in [2.05, 4.69) is 21.0 Å². The van der Waals surface area contributed by atoms with Crippen molar-refractivity contribution in [3.8, 4) is 0 Å². The van der Waals surface area contributed by atoms with Gasteiger partial charge in [-0.3, -0.25) is 9.48 Å². The van der Waals surface area contributed by atoms with Gasteiger partial charge in [-0.25, -0.2) is 0 Å². The van der Waals surface area contributed by atoms with Crippen LogP contribution in [0.15, 0.2) is 41.1 Å². The van der Waals surface area contributed by atoms with Gasteiger partial charge in [-0.1, -0.05) is 34.1 Å². The van der Waals surface area contributed by atoms with Crippen molar-refractivity contribution in [3.05, 3.63) is 52.3 Å². The van der Waals surface area contributed by atoms with E-state index in [1.54, 1.807) is 0 Å². The number of aromatic nitrogens is 2. The molecule has 1 aromatic carbocycles. The molecule has 0 aliphatic carbocycles. The second kappa shape index (κ2) is 5.16. The molecule has 0 radical (unpaired) electrons. The van der Waals surface area contributed by atoms with E-state index in [0.29, 0.717) is 0 Å². The maximum atomic E-state index is 12.2. The van der Waals surface area contributed by atoms with Crippen LogP contribution in [0.25, 0.3) is 0 Å². The van der Waals surface area contributed by atoms with Crippen molar-refractivity contribution < 1.29 is 18.0 Å². The molecule has 0 N–H and O–H groups in total. The normalized spacial score (nSPS) is 11.6. The Balaban J connectivity index is 2.19. The summed E-state index contributed by atoms with van der Waals surface area (Å²) in [6.07, 6.45) is -2.86. The Hall–Kier alpha value is -1.63. The molecule has 100 valence electrons. The van der Waals surface area contributed by atoms with Gasteiger partial charge in [0.05, 0.1) is 18.3 Å². The van der Waals surface area contributed by atoms with Crippen LogP contribution in [0.1, 0.15) is 15.9 Å². The van der Waals surface area contributed by atoms with Crippen LogP contribution < -0.4 is 0 Å². The molecule has 0 atom stereocenters. The summed E-state index contributed by atoms with van der Waals surface area (Å²) in [4.78, 5) is 11.0. The number of benzene rings is 1. The smallest absolute Gasteiger partial charge is 0.284 e. The van der Waals surface area contributed by atoms with Gasteiger partial charge in [0.2, 0.25) is 0 Å². The molecular formula is C12H8BrF3N2O. The maximum Gasteiger partial charge on any atom is 0.454 e. The highest BCUT2D eigenvalue weighted by Crippen LogP contribution is 2.22. The number of nitrogens with zero attached hydrogens (tertiary/aromatic N) is 2. The standard InChI is InChI=1S/C12H8BrF3N2O/c13-10-4-2-1-3-8(10)6-18-7-9(5-17-18)11(19)12(14,15)16/h1-5,7H,6H2. The molecule has 19 heavy (non-hydrogen) atoms. The van der Waals surface area contributed by atoms with Gasteiger partial charge in [0.25, 0.3) is 5.78 Å². The molecule has 1 aromatic heterocycles. The van der Waals surface area contributed by atoms with Crippen molar-refractivity contribution in [1.82, 2.24) is 9.78 Å². The number of carbonyl (C=O) groups excluding carboxylic acids is 1. The van der Waals surface area contributed by atoms with Gasteiger partial charge >= 0.3 is 6.18 Å². The molecule has 0 unspecified atom stereocenters. The summed E-state index contributed by atoms with van der Waals surface area (Å²) >= 11 is 3.33. The average molecular weight is 333 g/mol. The zero-order valence-corrected chi connectivity index (χ0v) is 11.1. The lowest BCUT2D eigenvalue weighted by atomic mass is 10.2. The lowest BCUT2D eigenvalue weighted by Crippen LogP contribution is -2.22. The Kier molecular flexibility index (Phi) is 3.75.